The van der Waals surface area contributed by atoms with Gasteiger partial charge in [0, 0.05) is 25.0 Å². The van der Waals surface area contributed by atoms with Crippen molar-refractivity contribution in [2.45, 2.75) is 12.5 Å². The molecule has 2 unspecified atom stereocenters. The predicted molar refractivity (Wildman–Crippen MR) is 72.9 cm³/mol. The second-order valence-corrected chi connectivity index (χ2v) is 4.93. The van der Waals surface area contributed by atoms with Gasteiger partial charge in [-0.3, -0.25) is 9.36 Å². The summed E-state index contributed by atoms with van der Waals surface area (Å²) in [5, 5.41) is 12.3. The van der Waals surface area contributed by atoms with Crippen molar-refractivity contribution in [2.75, 3.05) is 6.54 Å². The van der Waals surface area contributed by atoms with Crippen molar-refractivity contribution in [1.29, 1.82) is 0 Å². The van der Waals surface area contributed by atoms with Gasteiger partial charge in [0.25, 0.3) is 0 Å². The van der Waals surface area contributed by atoms with Crippen LogP contribution in [0.25, 0.3) is 5.69 Å². The zero-order valence-electron chi connectivity index (χ0n) is 10.7. The number of para-hydroxylation sites is 1. The van der Waals surface area contributed by atoms with E-state index in [1.165, 1.54) is 4.57 Å². The van der Waals surface area contributed by atoms with Crippen molar-refractivity contribution >= 4 is 5.97 Å². The Morgan fingerprint density at radius 3 is 2.80 bits per heavy atom. The Labute approximate surface area is 115 Å². The van der Waals surface area contributed by atoms with Crippen LogP contribution in [0.15, 0.2) is 41.5 Å². The second kappa shape index (κ2) is 4.97. The molecule has 2 aromatic rings. The fourth-order valence-corrected chi connectivity index (χ4v) is 2.67. The van der Waals surface area contributed by atoms with Gasteiger partial charge in [-0.25, -0.2) is 4.79 Å². The van der Waals surface area contributed by atoms with Crippen molar-refractivity contribution < 1.29 is 9.90 Å². The maximum absolute atomic E-state index is 11.8. The summed E-state index contributed by atoms with van der Waals surface area (Å²) in [5.41, 5.74) is 1.52. The first-order valence-corrected chi connectivity index (χ1v) is 6.48. The highest BCUT2D eigenvalue weighted by atomic mass is 16.4. The molecule has 0 aliphatic carbocycles. The number of carboxylic acid groups (broad SMARTS) is 1. The smallest absolute Gasteiger partial charge is 0.330 e. The van der Waals surface area contributed by atoms with Gasteiger partial charge >= 0.3 is 11.7 Å². The molecule has 0 saturated carbocycles. The molecule has 20 heavy (non-hydrogen) atoms. The Morgan fingerprint density at radius 2 is 2.15 bits per heavy atom. The monoisotopic (exact) mass is 273 g/mol. The van der Waals surface area contributed by atoms with E-state index in [1.807, 2.05) is 24.3 Å². The third-order valence-electron chi connectivity index (χ3n) is 3.70. The highest BCUT2D eigenvalue weighted by Crippen LogP contribution is 2.30. The third-order valence-corrected chi connectivity index (χ3v) is 3.70. The summed E-state index contributed by atoms with van der Waals surface area (Å²) in [4.78, 5) is 25.4. The highest BCUT2D eigenvalue weighted by Gasteiger charge is 2.31. The van der Waals surface area contributed by atoms with Gasteiger partial charge in [0.15, 0.2) is 0 Å². The van der Waals surface area contributed by atoms with Crippen molar-refractivity contribution in [1.82, 2.24) is 14.9 Å². The number of aromatic amines is 1. The second-order valence-electron chi connectivity index (χ2n) is 4.93. The van der Waals surface area contributed by atoms with Crippen molar-refractivity contribution in [3.8, 4) is 5.69 Å². The Hall–Kier alpha value is -2.34. The van der Waals surface area contributed by atoms with E-state index < -0.39 is 5.97 Å². The average Bonchev–Trinajstić information content (AvgIpc) is 3.07. The Balaban J connectivity index is 1.98. The maximum atomic E-state index is 11.8. The van der Waals surface area contributed by atoms with Crippen LogP contribution in [0.1, 0.15) is 18.0 Å². The van der Waals surface area contributed by atoms with Gasteiger partial charge in [-0.05, 0) is 18.1 Å². The van der Waals surface area contributed by atoms with Crippen LogP contribution in [0.2, 0.25) is 0 Å². The van der Waals surface area contributed by atoms with Crippen LogP contribution in [0.3, 0.4) is 0 Å². The molecule has 1 saturated heterocycles. The number of nitrogens with zero attached hydrogens (tertiary/aromatic N) is 1. The first kappa shape index (κ1) is 12.7. The Morgan fingerprint density at radius 1 is 1.35 bits per heavy atom. The van der Waals surface area contributed by atoms with Gasteiger partial charge in [-0.1, -0.05) is 18.2 Å². The topological polar surface area (TPSA) is 87.1 Å². The summed E-state index contributed by atoms with van der Waals surface area (Å²) in [5.74, 6) is -1.16. The molecule has 2 heterocycles. The highest BCUT2D eigenvalue weighted by molar-refractivity contribution is 5.71. The lowest BCUT2D eigenvalue weighted by Crippen LogP contribution is -2.20. The molecular weight excluding hydrogens is 258 g/mol. The van der Waals surface area contributed by atoms with Gasteiger partial charge in [-0.2, -0.15) is 0 Å². The van der Waals surface area contributed by atoms with Crippen LogP contribution < -0.4 is 11.0 Å². The molecule has 1 aromatic carbocycles. The van der Waals surface area contributed by atoms with Crippen LogP contribution in [0.4, 0.5) is 0 Å². The Kier molecular flexibility index (Phi) is 3.15. The molecule has 1 aliphatic rings. The minimum Gasteiger partial charge on any atom is -0.481 e. The van der Waals surface area contributed by atoms with Crippen molar-refractivity contribution in [3.63, 3.8) is 0 Å². The van der Waals surface area contributed by atoms with Crippen molar-refractivity contribution in [3.05, 3.63) is 52.7 Å². The number of hydrogen-bond donors (Lipinski definition) is 3. The van der Waals surface area contributed by atoms with E-state index in [1.54, 1.807) is 12.4 Å². The van der Waals surface area contributed by atoms with Crippen LogP contribution in [-0.4, -0.2) is 27.2 Å². The van der Waals surface area contributed by atoms with Crippen LogP contribution in [0.5, 0.6) is 0 Å². The van der Waals surface area contributed by atoms with E-state index in [9.17, 15) is 9.59 Å². The number of imidazole rings is 1. The molecule has 2 atom stereocenters. The van der Waals surface area contributed by atoms with E-state index in [0.717, 1.165) is 11.3 Å². The summed E-state index contributed by atoms with van der Waals surface area (Å²) in [6.07, 6.45) is 3.79. The van der Waals surface area contributed by atoms with Crippen LogP contribution in [0, 0.1) is 5.92 Å². The van der Waals surface area contributed by atoms with E-state index >= 15 is 0 Å². The number of carbonyl (C=O) groups is 1. The largest absolute Gasteiger partial charge is 0.481 e. The van der Waals surface area contributed by atoms with Gasteiger partial charge in [0.2, 0.25) is 0 Å². The minimum absolute atomic E-state index is 0.0471. The lowest BCUT2D eigenvalue weighted by molar-refractivity contribution is -0.141. The van der Waals surface area contributed by atoms with Crippen LogP contribution >= 0.6 is 0 Å². The maximum Gasteiger partial charge on any atom is 0.330 e. The van der Waals surface area contributed by atoms with Gasteiger partial charge in [0.05, 0.1) is 11.6 Å². The molecule has 0 spiro atoms. The number of aromatic nitrogens is 2. The van der Waals surface area contributed by atoms with Gasteiger partial charge in [-0.15, -0.1) is 0 Å². The minimum atomic E-state index is -0.781. The number of aliphatic carboxylic acids is 1. The van der Waals surface area contributed by atoms with E-state index in [4.69, 9.17) is 5.11 Å². The first-order valence-electron chi connectivity index (χ1n) is 6.48. The Bertz CT molecular complexity index is 689. The SMILES string of the molecule is O=C(O)C1CNC(c2ccccc2-n2cc[nH]c2=O)C1. The summed E-state index contributed by atoms with van der Waals surface area (Å²) < 4.78 is 1.53. The lowest BCUT2D eigenvalue weighted by Gasteiger charge is -2.15. The van der Waals surface area contributed by atoms with Gasteiger partial charge < -0.3 is 15.4 Å². The lowest BCUT2D eigenvalue weighted by atomic mass is 9.98. The normalized spacial score (nSPS) is 22.0. The summed E-state index contributed by atoms with van der Waals surface area (Å²) in [6, 6.07) is 7.50. The standard InChI is InChI=1S/C14H15N3O3/c18-13(19)9-7-11(16-8-9)10-3-1-2-4-12(10)17-6-5-15-14(17)20/h1-6,9,11,16H,7-8H2,(H,15,20)(H,18,19). The fraction of sp³-hybridized carbons (Fsp3) is 0.286. The first-order chi connectivity index (χ1) is 9.66. The van der Waals surface area contributed by atoms with E-state index in [2.05, 4.69) is 10.3 Å². The average molecular weight is 273 g/mol. The zero-order chi connectivity index (χ0) is 14.1. The summed E-state index contributed by atoms with van der Waals surface area (Å²) in [6.45, 7) is 0.455. The van der Waals surface area contributed by atoms with Crippen LogP contribution in [-0.2, 0) is 4.79 Å². The molecule has 1 aromatic heterocycles. The van der Waals surface area contributed by atoms with E-state index in [0.29, 0.717) is 13.0 Å². The molecule has 0 bridgehead atoms. The van der Waals surface area contributed by atoms with Gasteiger partial charge in [0.1, 0.15) is 0 Å². The fourth-order valence-electron chi connectivity index (χ4n) is 2.67. The molecular formula is C14H15N3O3. The van der Waals surface area contributed by atoms with E-state index in [-0.39, 0.29) is 17.6 Å². The number of hydrogen-bond acceptors (Lipinski definition) is 3. The quantitative estimate of drug-likeness (QED) is 0.775. The molecule has 6 heteroatoms. The molecule has 104 valence electrons. The summed E-state index contributed by atoms with van der Waals surface area (Å²) in [7, 11) is 0. The molecule has 0 amide bonds. The molecule has 1 aliphatic heterocycles. The number of H-pyrrole nitrogens is 1. The molecule has 0 radical (unpaired) electrons. The number of nitrogens with one attached hydrogen (secondary N) is 2. The number of carboxylic acids is 1. The zero-order valence-corrected chi connectivity index (χ0v) is 10.7. The molecule has 3 rings (SSSR count). The molecule has 3 N–H and O–H groups in total. The number of benzene rings is 1. The summed E-state index contributed by atoms with van der Waals surface area (Å²) >= 11 is 0. The molecule has 6 nitrogen and oxygen atoms in total. The third kappa shape index (κ3) is 2.14. The van der Waals surface area contributed by atoms with Crippen molar-refractivity contribution in [2.24, 2.45) is 5.92 Å². The number of rotatable bonds is 3. The molecule has 1 fully saturated rings. The predicted octanol–water partition coefficient (Wildman–Crippen LogP) is 0.901.